The maximum Gasteiger partial charge on any atom is 0.258 e. The molecule has 150 valence electrons. The molecule has 0 fully saturated rings. The Bertz CT molecular complexity index is 923. The highest BCUT2D eigenvalue weighted by Crippen LogP contribution is 2.18. The smallest absolute Gasteiger partial charge is 0.258 e. The largest absolute Gasteiger partial charge is 0.372 e. The molecule has 2 N–H and O–H groups in total. The van der Waals surface area contributed by atoms with E-state index < -0.39 is 0 Å². The molecule has 0 aliphatic heterocycles. The van der Waals surface area contributed by atoms with Crippen molar-refractivity contribution in [1.82, 2.24) is 9.97 Å². The Kier molecular flexibility index (Phi) is 6.73. The van der Waals surface area contributed by atoms with E-state index in [2.05, 4.69) is 39.3 Å². The first kappa shape index (κ1) is 20.3. The Morgan fingerprint density at radius 1 is 0.966 bits per heavy atom. The average molecular weight is 393 g/mol. The number of amides is 1. The molecule has 1 aromatic heterocycles. The fourth-order valence-corrected chi connectivity index (χ4v) is 2.87. The van der Waals surface area contributed by atoms with Crippen molar-refractivity contribution >= 4 is 23.2 Å². The number of nitrogens with zero attached hydrogens (tertiary/aromatic N) is 3. The van der Waals surface area contributed by atoms with Crippen molar-refractivity contribution in [1.29, 1.82) is 0 Å². The summed E-state index contributed by atoms with van der Waals surface area (Å²) in [5.74, 6) is -0.150. The van der Waals surface area contributed by atoms with E-state index in [1.165, 1.54) is 24.5 Å². The molecule has 6 nitrogen and oxygen atoms in total. The van der Waals surface area contributed by atoms with Gasteiger partial charge in [0.1, 0.15) is 5.82 Å². The van der Waals surface area contributed by atoms with Gasteiger partial charge in [0.2, 0.25) is 5.95 Å². The molecule has 3 rings (SSSR count). The van der Waals surface area contributed by atoms with Crippen LogP contribution in [0, 0.1) is 5.82 Å². The zero-order valence-corrected chi connectivity index (χ0v) is 16.5. The van der Waals surface area contributed by atoms with Gasteiger partial charge in [0.15, 0.2) is 0 Å². The molecule has 3 aromatic rings. The molecule has 2 aromatic carbocycles. The van der Waals surface area contributed by atoms with Crippen LogP contribution in [0.1, 0.15) is 29.8 Å². The first-order chi connectivity index (χ1) is 14.1. The van der Waals surface area contributed by atoms with Gasteiger partial charge in [-0.1, -0.05) is 12.1 Å². The van der Waals surface area contributed by atoms with Crippen LogP contribution in [0.4, 0.5) is 21.7 Å². The van der Waals surface area contributed by atoms with Crippen LogP contribution < -0.4 is 15.5 Å². The van der Waals surface area contributed by atoms with Crippen molar-refractivity contribution in [3.8, 4) is 0 Å². The fraction of sp³-hybridized carbons (Fsp3) is 0.227. The van der Waals surface area contributed by atoms with Gasteiger partial charge in [0, 0.05) is 43.4 Å². The predicted octanol–water partition coefficient (Wildman–Crippen LogP) is 4.33. The van der Waals surface area contributed by atoms with Gasteiger partial charge in [-0.3, -0.25) is 4.79 Å². The van der Waals surface area contributed by atoms with Crippen LogP contribution in [0.15, 0.2) is 60.9 Å². The van der Waals surface area contributed by atoms with Crippen molar-refractivity contribution < 1.29 is 9.18 Å². The van der Waals surface area contributed by atoms with Crippen LogP contribution in [0.25, 0.3) is 0 Å². The van der Waals surface area contributed by atoms with Crippen molar-refractivity contribution in [2.45, 2.75) is 20.4 Å². The van der Waals surface area contributed by atoms with Gasteiger partial charge in [-0.15, -0.1) is 0 Å². The molecule has 7 heteroatoms. The van der Waals surface area contributed by atoms with Gasteiger partial charge in [0.05, 0.1) is 5.56 Å². The Hall–Kier alpha value is -3.48. The van der Waals surface area contributed by atoms with E-state index in [-0.39, 0.29) is 11.7 Å². The standard InChI is InChI=1S/C22H24FN5O/c1-3-28(4-2)20-11-9-19(10-12-20)27-21(29)17-14-25-22(26-15-17)24-13-16-5-7-18(23)8-6-16/h5-12,14-15H,3-4,13H2,1-2H3,(H,27,29)(H,24,25,26). The number of carbonyl (C=O) groups is 1. The molecule has 0 radical (unpaired) electrons. The van der Waals surface area contributed by atoms with Crippen molar-refractivity contribution in [2.75, 3.05) is 28.6 Å². The van der Waals surface area contributed by atoms with E-state index in [9.17, 15) is 9.18 Å². The molecular formula is C22H24FN5O. The zero-order valence-electron chi connectivity index (χ0n) is 16.5. The van der Waals surface area contributed by atoms with Crippen molar-refractivity contribution in [3.63, 3.8) is 0 Å². The Balaban J connectivity index is 1.56. The third-order valence-corrected chi connectivity index (χ3v) is 4.53. The number of aromatic nitrogens is 2. The van der Waals surface area contributed by atoms with E-state index in [1.807, 2.05) is 24.3 Å². The molecule has 0 unspecified atom stereocenters. The summed E-state index contributed by atoms with van der Waals surface area (Å²) in [5.41, 5.74) is 3.10. The maximum absolute atomic E-state index is 12.9. The SMILES string of the molecule is CCN(CC)c1ccc(NC(=O)c2cnc(NCc3ccc(F)cc3)nc2)cc1. The molecule has 0 aliphatic carbocycles. The lowest BCUT2D eigenvalue weighted by Gasteiger charge is -2.21. The molecule has 0 spiro atoms. The molecule has 1 heterocycles. The molecule has 0 aliphatic rings. The van der Waals surface area contributed by atoms with E-state index in [0.717, 1.165) is 24.3 Å². The molecule has 1 amide bonds. The number of hydrogen-bond acceptors (Lipinski definition) is 5. The highest BCUT2D eigenvalue weighted by atomic mass is 19.1. The van der Waals surface area contributed by atoms with Crippen LogP contribution in [0.2, 0.25) is 0 Å². The number of benzene rings is 2. The van der Waals surface area contributed by atoms with Gasteiger partial charge in [-0.25, -0.2) is 14.4 Å². The second-order valence-electron chi connectivity index (χ2n) is 6.45. The highest BCUT2D eigenvalue weighted by Gasteiger charge is 2.09. The van der Waals surface area contributed by atoms with Crippen LogP contribution in [0.3, 0.4) is 0 Å². The lowest BCUT2D eigenvalue weighted by molar-refractivity contribution is 0.102. The maximum atomic E-state index is 12.9. The number of carbonyl (C=O) groups excluding carboxylic acids is 1. The van der Waals surface area contributed by atoms with Crippen LogP contribution in [-0.2, 0) is 6.54 Å². The number of nitrogens with one attached hydrogen (secondary N) is 2. The summed E-state index contributed by atoms with van der Waals surface area (Å²) in [6.45, 7) is 6.54. The number of rotatable bonds is 8. The normalized spacial score (nSPS) is 10.4. The molecule has 0 saturated heterocycles. The minimum atomic E-state index is -0.275. The second-order valence-corrected chi connectivity index (χ2v) is 6.45. The van der Waals surface area contributed by atoms with Gasteiger partial charge >= 0.3 is 0 Å². The van der Waals surface area contributed by atoms with Gasteiger partial charge < -0.3 is 15.5 Å². The third kappa shape index (κ3) is 5.51. The summed E-state index contributed by atoms with van der Waals surface area (Å²) in [6.07, 6.45) is 2.94. The number of hydrogen-bond donors (Lipinski definition) is 2. The van der Waals surface area contributed by atoms with Crippen LogP contribution in [-0.4, -0.2) is 29.0 Å². The molecular weight excluding hydrogens is 369 g/mol. The summed E-state index contributed by atoms with van der Waals surface area (Å²) < 4.78 is 12.9. The average Bonchev–Trinajstić information content (AvgIpc) is 2.76. The summed E-state index contributed by atoms with van der Waals surface area (Å²) >= 11 is 0. The van der Waals surface area contributed by atoms with Crippen LogP contribution in [0.5, 0.6) is 0 Å². The minimum absolute atomic E-state index is 0.273. The van der Waals surface area contributed by atoms with Gasteiger partial charge in [-0.2, -0.15) is 0 Å². The quantitative estimate of drug-likeness (QED) is 0.596. The summed E-state index contributed by atoms with van der Waals surface area (Å²) in [6, 6.07) is 13.9. The molecule has 0 saturated carbocycles. The lowest BCUT2D eigenvalue weighted by atomic mass is 10.2. The zero-order chi connectivity index (χ0) is 20.6. The Morgan fingerprint density at radius 2 is 1.59 bits per heavy atom. The van der Waals surface area contributed by atoms with Gasteiger partial charge in [-0.05, 0) is 55.8 Å². The summed E-state index contributed by atoms with van der Waals surface area (Å²) in [5, 5.41) is 5.89. The predicted molar refractivity (Wildman–Crippen MR) is 114 cm³/mol. The third-order valence-electron chi connectivity index (χ3n) is 4.53. The summed E-state index contributed by atoms with van der Waals surface area (Å²) in [7, 11) is 0. The second kappa shape index (κ2) is 9.64. The highest BCUT2D eigenvalue weighted by molar-refractivity contribution is 6.03. The number of anilines is 3. The van der Waals surface area contributed by atoms with Crippen LogP contribution >= 0.6 is 0 Å². The van der Waals surface area contributed by atoms with E-state index >= 15 is 0 Å². The topological polar surface area (TPSA) is 70.2 Å². The Morgan fingerprint density at radius 3 is 2.17 bits per heavy atom. The first-order valence-electron chi connectivity index (χ1n) is 9.55. The monoisotopic (exact) mass is 393 g/mol. The van der Waals surface area contributed by atoms with E-state index in [4.69, 9.17) is 0 Å². The molecule has 29 heavy (non-hydrogen) atoms. The van der Waals surface area contributed by atoms with Crippen molar-refractivity contribution in [3.05, 3.63) is 77.9 Å². The Labute approximate surface area is 169 Å². The lowest BCUT2D eigenvalue weighted by Crippen LogP contribution is -2.21. The van der Waals surface area contributed by atoms with E-state index in [0.29, 0.717) is 23.7 Å². The van der Waals surface area contributed by atoms with Gasteiger partial charge in [0.25, 0.3) is 5.91 Å². The minimum Gasteiger partial charge on any atom is -0.372 e. The molecule has 0 atom stereocenters. The fourth-order valence-electron chi connectivity index (χ4n) is 2.87. The summed E-state index contributed by atoms with van der Waals surface area (Å²) in [4.78, 5) is 23.0. The first-order valence-corrected chi connectivity index (χ1v) is 9.55. The van der Waals surface area contributed by atoms with Crippen molar-refractivity contribution in [2.24, 2.45) is 0 Å². The van der Waals surface area contributed by atoms with E-state index in [1.54, 1.807) is 12.1 Å². The molecule has 0 bridgehead atoms. The number of halogens is 1.